The van der Waals surface area contributed by atoms with Gasteiger partial charge < -0.3 is 5.32 Å². The van der Waals surface area contributed by atoms with E-state index in [9.17, 15) is 22.8 Å². The van der Waals surface area contributed by atoms with Crippen molar-refractivity contribution in [1.29, 1.82) is 0 Å². The first-order chi connectivity index (χ1) is 11.3. The van der Waals surface area contributed by atoms with E-state index in [2.05, 4.69) is 10.6 Å². The number of amides is 3. The Labute approximate surface area is 137 Å². The van der Waals surface area contributed by atoms with Gasteiger partial charge in [0.25, 0.3) is 17.7 Å². The van der Waals surface area contributed by atoms with Crippen molar-refractivity contribution in [3.8, 4) is 0 Å². The fourth-order valence-electron chi connectivity index (χ4n) is 2.39. The second-order valence-corrected chi connectivity index (χ2v) is 7.28. The molecule has 2 N–H and O–H groups in total. The van der Waals surface area contributed by atoms with E-state index in [1.165, 1.54) is 36.4 Å². The van der Waals surface area contributed by atoms with Crippen LogP contribution >= 0.6 is 0 Å². The van der Waals surface area contributed by atoms with Crippen molar-refractivity contribution in [1.82, 2.24) is 5.32 Å². The molecular formula is C16H12N2O5S. The first kappa shape index (κ1) is 15.9. The predicted molar refractivity (Wildman–Crippen MR) is 85.7 cm³/mol. The molecule has 3 amide bonds. The smallest absolute Gasteiger partial charge is 0.261 e. The molecule has 0 fully saturated rings. The Morgan fingerprint density at radius 3 is 2.46 bits per heavy atom. The fourth-order valence-corrected chi connectivity index (χ4v) is 3.05. The Bertz CT molecular complexity index is 995. The largest absolute Gasteiger partial charge is 0.321 e. The van der Waals surface area contributed by atoms with Crippen LogP contribution in [0.4, 0.5) is 5.69 Å². The van der Waals surface area contributed by atoms with Crippen molar-refractivity contribution in [2.45, 2.75) is 4.90 Å². The second-order valence-electron chi connectivity index (χ2n) is 5.27. The summed E-state index contributed by atoms with van der Waals surface area (Å²) in [6.45, 7) is 0. The molecule has 0 atom stereocenters. The van der Waals surface area contributed by atoms with Gasteiger partial charge in [0.05, 0.1) is 21.7 Å². The highest BCUT2D eigenvalue weighted by Crippen LogP contribution is 2.25. The van der Waals surface area contributed by atoms with Gasteiger partial charge in [-0.1, -0.05) is 12.1 Å². The minimum Gasteiger partial charge on any atom is -0.321 e. The van der Waals surface area contributed by atoms with Crippen molar-refractivity contribution >= 4 is 33.2 Å². The Morgan fingerprint density at radius 2 is 1.75 bits per heavy atom. The molecule has 0 spiro atoms. The third-order valence-corrected chi connectivity index (χ3v) is 4.65. The van der Waals surface area contributed by atoms with Gasteiger partial charge in [0.1, 0.15) is 0 Å². The Balaban J connectivity index is 1.95. The lowest BCUT2D eigenvalue weighted by molar-refractivity contribution is 0.0879. The number of carbonyl (C=O) groups excluding carboxylic acids is 3. The summed E-state index contributed by atoms with van der Waals surface area (Å²) < 4.78 is 23.2. The summed E-state index contributed by atoms with van der Waals surface area (Å²) in [7, 11) is -3.45. The van der Waals surface area contributed by atoms with E-state index in [-0.39, 0.29) is 27.3 Å². The Morgan fingerprint density at radius 1 is 1.04 bits per heavy atom. The SMILES string of the molecule is CS(=O)(=O)c1cccc(C(=O)Nc2cccc3c2C(=O)NC3=O)c1. The Hall–Kier alpha value is -3.00. The minimum absolute atomic E-state index is 0.0151. The van der Waals surface area contributed by atoms with E-state index in [0.717, 1.165) is 6.26 Å². The molecule has 24 heavy (non-hydrogen) atoms. The molecule has 8 heteroatoms. The van der Waals surface area contributed by atoms with Crippen LogP contribution in [-0.2, 0) is 9.84 Å². The number of fused-ring (bicyclic) bond motifs is 1. The summed E-state index contributed by atoms with van der Waals surface area (Å²) in [6.07, 6.45) is 1.05. The topological polar surface area (TPSA) is 109 Å². The van der Waals surface area contributed by atoms with Crippen molar-refractivity contribution in [2.24, 2.45) is 0 Å². The average molecular weight is 344 g/mol. The zero-order valence-corrected chi connectivity index (χ0v) is 13.3. The van der Waals surface area contributed by atoms with E-state index >= 15 is 0 Å². The lowest BCUT2D eigenvalue weighted by Gasteiger charge is -2.09. The number of imide groups is 1. The lowest BCUT2D eigenvalue weighted by atomic mass is 10.1. The van der Waals surface area contributed by atoms with Crippen LogP contribution < -0.4 is 10.6 Å². The Kier molecular flexibility index (Phi) is 3.69. The van der Waals surface area contributed by atoms with E-state index < -0.39 is 27.6 Å². The first-order valence-corrected chi connectivity index (χ1v) is 8.76. The molecule has 0 aromatic heterocycles. The molecule has 2 aromatic rings. The van der Waals surface area contributed by atoms with E-state index in [1.54, 1.807) is 6.07 Å². The van der Waals surface area contributed by atoms with Crippen LogP contribution in [0.3, 0.4) is 0 Å². The van der Waals surface area contributed by atoms with E-state index in [0.29, 0.717) is 0 Å². The number of nitrogens with one attached hydrogen (secondary N) is 2. The van der Waals surface area contributed by atoms with Gasteiger partial charge in [-0.25, -0.2) is 8.42 Å². The number of benzene rings is 2. The highest BCUT2D eigenvalue weighted by molar-refractivity contribution is 7.90. The summed E-state index contributed by atoms with van der Waals surface area (Å²) >= 11 is 0. The molecule has 0 radical (unpaired) electrons. The van der Waals surface area contributed by atoms with Crippen LogP contribution in [0, 0.1) is 0 Å². The molecule has 7 nitrogen and oxygen atoms in total. The fraction of sp³-hybridized carbons (Fsp3) is 0.0625. The predicted octanol–water partition coefficient (Wildman–Crippen LogP) is 1.23. The van der Waals surface area contributed by atoms with Gasteiger partial charge in [0.2, 0.25) is 0 Å². The normalized spacial score (nSPS) is 13.4. The van der Waals surface area contributed by atoms with E-state index in [4.69, 9.17) is 0 Å². The maximum atomic E-state index is 12.4. The second kappa shape index (κ2) is 5.57. The summed E-state index contributed by atoms with van der Waals surface area (Å²) in [5.41, 5.74) is 0.587. The van der Waals surface area contributed by atoms with Gasteiger partial charge in [0, 0.05) is 11.8 Å². The number of rotatable bonds is 3. The van der Waals surface area contributed by atoms with Crippen LogP contribution in [0.25, 0.3) is 0 Å². The van der Waals surface area contributed by atoms with Gasteiger partial charge in [-0.2, -0.15) is 0 Å². The molecule has 0 saturated heterocycles. The minimum atomic E-state index is -3.45. The molecule has 0 unspecified atom stereocenters. The molecule has 0 bridgehead atoms. The number of hydrogen-bond acceptors (Lipinski definition) is 5. The van der Waals surface area contributed by atoms with E-state index in [1.807, 2.05) is 0 Å². The summed E-state index contributed by atoms with van der Waals surface area (Å²) in [5, 5.41) is 4.70. The van der Waals surface area contributed by atoms with Gasteiger partial charge in [0.15, 0.2) is 9.84 Å². The number of sulfone groups is 1. The highest BCUT2D eigenvalue weighted by Gasteiger charge is 2.29. The maximum absolute atomic E-state index is 12.4. The van der Waals surface area contributed by atoms with Crippen molar-refractivity contribution in [2.75, 3.05) is 11.6 Å². The molecule has 2 aromatic carbocycles. The molecule has 1 heterocycles. The average Bonchev–Trinajstić information content (AvgIpc) is 2.82. The van der Waals surface area contributed by atoms with Gasteiger partial charge >= 0.3 is 0 Å². The van der Waals surface area contributed by atoms with Gasteiger partial charge in [-0.15, -0.1) is 0 Å². The van der Waals surface area contributed by atoms with Crippen LogP contribution in [0.1, 0.15) is 31.1 Å². The highest BCUT2D eigenvalue weighted by atomic mass is 32.2. The third-order valence-electron chi connectivity index (χ3n) is 3.54. The number of hydrogen-bond donors (Lipinski definition) is 2. The van der Waals surface area contributed by atoms with Gasteiger partial charge in [-0.05, 0) is 30.3 Å². The molecule has 1 aliphatic heterocycles. The van der Waals surface area contributed by atoms with Crippen LogP contribution in [0.15, 0.2) is 47.4 Å². The quantitative estimate of drug-likeness (QED) is 0.814. The van der Waals surface area contributed by atoms with Crippen LogP contribution in [-0.4, -0.2) is 32.4 Å². The molecule has 122 valence electrons. The monoisotopic (exact) mass is 344 g/mol. The zero-order chi connectivity index (χ0) is 17.5. The van der Waals surface area contributed by atoms with Crippen molar-refractivity contribution < 1.29 is 22.8 Å². The molecule has 0 saturated carbocycles. The summed E-state index contributed by atoms with van der Waals surface area (Å²) in [6, 6.07) is 10.1. The zero-order valence-electron chi connectivity index (χ0n) is 12.5. The number of anilines is 1. The lowest BCUT2D eigenvalue weighted by Crippen LogP contribution is -2.21. The summed E-state index contributed by atoms with van der Waals surface area (Å²) in [4.78, 5) is 35.8. The van der Waals surface area contributed by atoms with Crippen molar-refractivity contribution in [3.05, 3.63) is 59.2 Å². The van der Waals surface area contributed by atoms with Gasteiger partial charge in [-0.3, -0.25) is 19.7 Å². The number of carbonyl (C=O) groups is 3. The summed E-state index contributed by atoms with van der Waals surface area (Å²) in [5.74, 6) is -1.69. The third kappa shape index (κ3) is 2.79. The molecule has 3 rings (SSSR count). The standard InChI is InChI=1S/C16H12N2O5S/c1-24(22,23)10-5-2-4-9(8-10)14(19)17-12-7-3-6-11-13(12)16(21)18-15(11)20/h2-8H,1H3,(H,17,19)(H,18,20,21). The molecule has 1 aliphatic rings. The first-order valence-electron chi connectivity index (χ1n) is 6.87. The van der Waals surface area contributed by atoms with Crippen LogP contribution in [0.5, 0.6) is 0 Å². The molecular weight excluding hydrogens is 332 g/mol. The van der Waals surface area contributed by atoms with Crippen molar-refractivity contribution in [3.63, 3.8) is 0 Å². The maximum Gasteiger partial charge on any atom is 0.261 e. The molecule has 0 aliphatic carbocycles. The van der Waals surface area contributed by atoms with Crippen LogP contribution in [0.2, 0.25) is 0 Å².